The maximum absolute atomic E-state index is 11.4. The van der Waals surface area contributed by atoms with Crippen molar-refractivity contribution in [1.82, 2.24) is 0 Å². The third-order valence-corrected chi connectivity index (χ3v) is 3.55. The Morgan fingerprint density at radius 2 is 2.10 bits per heavy atom. The molecule has 108 valence electrons. The van der Waals surface area contributed by atoms with Gasteiger partial charge in [0.05, 0.1) is 13.2 Å². The van der Waals surface area contributed by atoms with Crippen molar-refractivity contribution in [3.63, 3.8) is 0 Å². The third kappa shape index (κ3) is 4.72. The van der Waals surface area contributed by atoms with Crippen molar-refractivity contribution in [2.45, 2.75) is 44.6 Å². The van der Waals surface area contributed by atoms with Crippen molar-refractivity contribution < 1.29 is 14.3 Å². The van der Waals surface area contributed by atoms with Crippen LogP contribution in [0.2, 0.25) is 0 Å². The van der Waals surface area contributed by atoms with Crippen LogP contribution in [0, 0.1) is 0 Å². The van der Waals surface area contributed by atoms with Crippen molar-refractivity contribution in [3.05, 3.63) is 47.7 Å². The van der Waals surface area contributed by atoms with E-state index in [9.17, 15) is 4.79 Å². The predicted octanol–water partition coefficient (Wildman–Crippen LogP) is 3.64. The highest BCUT2D eigenvalue weighted by molar-refractivity contribution is 5.82. The summed E-state index contributed by atoms with van der Waals surface area (Å²) in [5.74, 6) is 0.427. The van der Waals surface area contributed by atoms with E-state index in [-0.39, 0.29) is 12.1 Å². The van der Waals surface area contributed by atoms with Crippen LogP contribution in [0.3, 0.4) is 0 Å². The number of methoxy groups -OCH3 is 1. The van der Waals surface area contributed by atoms with Gasteiger partial charge in [0.25, 0.3) is 0 Å². The first-order valence-electron chi connectivity index (χ1n) is 7.27. The molecule has 0 aliphatic carbocycles. The van der Waals surface area contributed by atoms with Gasteiger partial charge in [-0.1, -0.05) is 36.8 Å². The van der Waals surface area contributed by atoms with Crippen LogP contribution < -0.4 is 0 Å². The Bertz CT molecular complexity index is 451. The van der Waals surface area contributed by atoms with E-state index in [2.05, 4.69) is 16.9 Å². The van der Waals surface area contributed by atoms with E-state index in [1.54, 1.807) is 0 Å². The first kappa shape index (κ1) is 14.6. The first-order chi connectivity index (χ1) is 9.78. The predicted molar refractivity (Wildman–Crippen MR) is 78.2 cm³/mol. The monoisotopic (exact) mass is 274 g/mol. The van der Waals surface area contributed by atoms with Crippen LogP contribution in [0.5, 0.6) is 0 Å². The lowest BCUT2D eigenvalue weighted by atomic mass is 10.00. The largest absolute Gasteiger partial charge is 0.494 e. The lowest BCUT2D eigenvalue weighted by Crippen LogP contribution is -2.18. The molecule has 0 radical (unpaired) electrons. The fourth-order valence-corrected chi connectivity index (χ4v) is 2.50. The van der Waals surface area contributed by atoms with Crippen LogP contribution in [-0.2, 0) is 20.7 Å². The van der Waals surface area contributed by atoms with Gasteiger partial charge in [-0.3, -0.25) is 0 Å². The van der Waals surface area contributed by atoms with Gasteiger partial charge in [0, 0.05) is 12.8 Å². The molecule has 0 amide bonds. The number of rotatable bonds is 3. The average molecular weight is 274 g/mol. The van der Waals surface area contributed by atoms with Crippen molar-refractivity contribution in [2.24, 2.45) is 0 Å². The Morgan fingerprint density at radius 3 is 2.85 bits per heavy atom. The van der Waals surface area contributed by atoms with E-state index in [4.69, 9.17) is 4.74 Å². The molecule has 1 aromatic rings. The third-order valence-electron chi connectivity index (χ3n) is 3.55. The highest BCUT2D eigenvalue weighted by Crippen LogP contribution is 2.23. The molecule has 3 nitrogen and oxygen atoms in total. The molecule has 1 aliphatic heterocycles. The van der Waals surface area contributed by atoms with Gasteiger partial charge >= 0.3 is 5.97 Å². The van der Waals surface area contributed by atoms with E-state index in [1.165, 1.54) is 31.6 Å². The lowest BCUT2D eigenvalue weighted by molar-refractivity contribution is -0.135. The summed E-state index contributed by atoms with van der Waals surface area (Å²) in [7, 11) is 1.39. The number of carbonyl (C=O) groups is 1. The summed E-state index contributed by atoms with van der Waals surface area (Å²) in [6.07, 6.45) is 7.82. The Balaban J connectivity index is 2.02. The van der Waals surface area contributed by atoms with Gasteiger partial charge in [-0.05, 0) is 24.8 Å². The zero-order chi connectivity index (χ0) is 14.2. The molecular formula is C17H22O3. The van der Waals surface area contributed by atoms with Crippen LogP contribution in [0.25, 0.3) is 0 Å². The number of esters is 1. The summed E-state index contributed by atoms with van der Waals surface area (Å²) in [6.45, 7) is 0. The topological polar surface area (TPSA) is 35.5 Å². The smallest absolute Gasteiger partial charge is 0.333 e. The molecule has 0 saturated carbocycles. The highest BCUT2D eigenvalue weighted by Gasteiger charge is 2.16. The second-order valence-corrected chi connectivity index (χ2v) is 5.16. The SMILES string of the molecule is COC(=O)/C=C1/CCCCCC(Cc2ccccc2)O1. The van der Waals surface area contributed by atoms with Crippen LogP contribution in [0.15, 0.2) is 42.2 Å². The van der Waals surface area contributed by atoms with E-state index in [0.29, 0.717) is 0 Å². The van der Waals surface area contributed by atoms with Gasteiger partial charge in [0.2, 0.25) is 0 Å². The molecule has 3 heteroatoms. The second kappa shape index (κ2) is 7.73. The molecule has 1 unspecified atom stereocenters. The number of benzene rings is 1. The van der Waals surface area contributed by atoms with E-state index < -0.39 is 0 Å². The molecule has 0 bridgehead atoms. The molecule has 1 fully saturated rings. The van der Waals surface area contributed by atoms with Gasteiger partial charge in [0.1, 0.15) is 11.9 Å². The van der Waals surface area contributed by atoms with E-state index >= 15 is 0 Å². The number of carbonyl (C=O) groups excluding carboxylic acids is 1. The molecule has 1 aromatic carbocycles. The van der Waals surface area contributed by atoms with Crippen LogP contribution >= 0.6 is 0 Å². The number of ether oxygens (including phenoxy) is 2. The maximum Gasteiger partial charge on any atom is 0.333 e. The minimum atomic E-state index is -0.334. The van der Waals surface area contributed by atoms with Crippen molar-refractivity contribution in [1.29, 1.82) is 0 Å². The molecule has 1 saturated heterocycles. The maximum atomic E-state index is 11.4. The van der Waals surface area contributed by atoms with Gasteiger partial charge < -0.3 is 9.47 Å². The number of allylic oxidation sites excluding steroid dienone is 1. The van der Waals surface area contributed by atoms with Crippen LogP contribution in [0.4, 0.5) is 0 Å². The van der Waals surface area contributed by atoms with Gasteiger partial charge in [0.15, 0.2) is 0 Å². The average Bonchev–Trinajstić information content (AvgIpc) is 2.44. The summed E-state index contributed by atoms with van der Waals surface area (Å²) in [4.78, 5) is 11.4. The lowest BCUT2D eigenvalue weighted by Gasteiger charge is -2.23. The molecule has 1 atom stereocenters. The Kier molecular flexibility index (Phi) is 5.66. The summed E-state index contributed by atoms with van der Waals surface area (Å²) in [5.41, 5.74) is 1.27. The second-order valence-electron chi connectivity index (χ2n) is 5.16. The molecule has 20 heavy (non-hydrogen) atoms. The fourth-order valence-electron chi connectivity index (χ4n) is 2.50. The Hall–Kier alpha value is -1.77. The van der Waals surface area contributed by atoms with Gasteiger partial charge in [-0.2, -0.15) is 0 Å². The minimum absolute atomic E-state index is 0.147. The molecular weight excluding hydrogens is 252 g/mol. The highest BCUT2D eigenvalue weighted by atomic mass is 16.5. The van der Waals surface area contributed by atoms with Gasteiger partial charge in [-0.25, -0.2) is 4.79 Å². The van der Waals surface area contributed by atoms with E-state index in [1.807, 2.05) is 18.2 Å². The fraction of sp³-hybridized carbons (Fsp3) is 0.471. The quantitative estimate of drug-likeness (QED) is 0.623. The van der Waals surface area contributed by atoms with Gasteiger partial charge in [-0.15, -0.1) is 0 Å². The molecule has 1 aliphatic rings. The summed E-state index contributed by atoms with van der Waals surface area (Å²) < 4.78 is 10.7. The summed E-state index contributed by atoms with van der Waals surface area (Å²) in [5, 5.41) is 0. The summed E-state index contributed by atoms with van der Waals surface area (Å²) >= 11 is 0. The minimum Gasteiger partial charge on any atom is -0.494 e. The first-order valence-corrected chi connectivity index (χ1v) is 7.27. The molecule has 1 heterocycles. The molecule has 0 aromatic heterocycles. The zero-order valence-electron chi connectivity index (χ0n) is 12.0. The number of hydrogen-bond donors (Lipinski definition) is 0. The van der Waals surface area contributed by atoms with Crippen LogP contribution in [-0.4, -0.2) is 19.2 Å². The normalized spacial score (nSPS) is 21.6. The Morgan fingerprint density at radius 1 is 1.30 bits per heavy atom. The zero-order valence-corrected chi connectivity index (χ0v) is 12.0. The summed E-state index contributed by atoms with van der Waals surface area (Å²) in [6, 6.07) is 10.3. The molecule has 0 N–H and O–H groups in total. The van der Waals surface area contributed by atoms with Crippen molar-refractivity contribution in [2.75, 3.05) is 7.11 Å². The Labute approximate surface area is 120 Å². The van der Waals surface area contributed by atoms with E-state index in [0.717, 1.165) is 31.4 Å². The van der Waals surface area contributed by atoms with Crippen molar-refractivity contribution >= 4 is 5.97 Å². The standard InChI is InChI=1S/C17H22O3/c1-19-17(18)13-16-11-7-3-6-10-15(20-16)12-14-8-4-2-5-9-14/h2,4-5,8-9,13,15H,3,6-7,10-12H2,1H3/b16-13-. The van der Waals surface area contributed by atoms with Crippen molar-refractivity contribution in [3.8, 4) is 0 Å². The molecule has 2 rings (SSSR count). The van der Waals surface area contributed by atoms with Crippen LogP contribution in [0.1, 0.15) is 37.7 Å². The molecule has 0 spiro atoms. The number of hydrogen-bond acceptors (Lipinski definition) is 3.